The Morgan fingerprint density at radius 1 is 1.21 bits per heavy atom. The molecule has 0 unspecified atom stereocenters. The smallest absolute Gasteiger partial charge is 0.270 e. The first-order valence-electron chi connectivity index (χ1n) is 7.03. The van der Waals surface area contributed by atoms with E-state index < -0.39 is 11.7 Å². The fourth-order valence-electron chi connectivity index (χ4n) is 2.18. The third kappa shape index (κ3) is 2.98. The van der Waals surface area contributed by atoms with Crippen molar-refractivity contribution in [1.82, 2.24) is 19.9 Å². The summed E-state index contributed by atoms with van der Waals surface area (Å²) in [5.74, 6) is -2.06. The number of benzene rings is 1. The van der Waals surface area contributed by atoms with Crippen LogP contribution in [0.2, 0.25) is 0 Å². The van der Waals surface area contributed by atoms with Gasteiger partial charge in [-0.15, -0.1) is 0 Å². The number of nitrogens with zero attached hydrogens (tertiary/aromatic N) is 3. The van der Waals surface area contributed by atoms with Crippen molar-refractivity contribution in [2.75, 3.05) is 0 Å². The van der Waals surface area contributed by atoms with Gasteiger partial charge in [0.25, 0.3) is 5.91 Å². The molecule has 0 bridgehead atoms. The van der Waals surface area contributed by atoms with Crippen LogP contribution in [0.3, 0.4) is 0 Å². The lowest BCUT2D eigenvalue weighted by Gasteiger charge is -2.07. The van der Waals surface area contributed by atoms with Gasteiger partial charge in [-0.25, -0.2) is 18.3 Å². The average molecular weight is 330 g/mol. The van der Waals surface area contributed by atoms with Gasteiger partial charge in [0.15, 0.2) is 17.2 Å². The van der Waals surface area contributed by atoms with Crippen molar-refractivity contribution in [3.05, 3.63) is 65.1 Å². The summed E-state index contributed by atoms with van der Waals surface area (Å²) in [5, 5.41) is 6.32. The van der Waals surface area contributed by atoms with Crippen LogP contribution in [0.1, 0.15) is 33.5 Å². The highest BCUT2D eigenvalue weighted by Gasteiger charge is 2.17. The van der Waals surface area contributed by atoms with E-state index in [4.69, 9.17) is 0 Å². The summed E-state index contributed by atoms with van der Waals surface area (Å²) in [4.78, 5) is 27.8. The molecule has 0 aliphatic carbocycles. The predicted octanol–water partition coefficient (Wildman–Crippen LogP) is 2.14. The number of hydrogen-bond donors (Lipinski definition) is 1. The summed E-state index contributed by atoms with van der Waals surface area (Å²) in [6, 6.07) is 6.87. The van der Waals surface area contributed by atoms with E-state index in [1.807, 2.05) is 0 Å². The Morgan fingerprint density at radius 2 is 1.92 bits per heavy atom. The first-order chi connectivity index (χ1) is 11.5. The van der Waals surface area contributed by atoms with Gasteiger partial charge in [-0.2, -0.15) is 5.10 Å². The Balaban J connectivity index is 1.87. The first-order valence-corrected chi connectivity index (χ1v) is 7.03. The number of rotatable bonds is 4. The molecule has 0 aliphatic heterocycles. The largest absolute Gasteiger partial charge is 0.347 e. The number of halogens is 2. The highest BCUT2D eigenvalue weighted by molar-refractivity contribution is 5.98. The lowest BCUT2D eigenvalue weighted by atomic mass is 10.2. The highest BCUT2D eigenvalue weighted by Crippen LogP contribution is 2.12. The van der Waals surface area contributed by atoms with Crippen LogP contribution in [0.5, 0.6) is 0 Å². The maximum atomic E-state index is 13.7. The van der Waals surface area contributed by atoms with Gasteiger partial charge in [-0.3, -0.25) is 9.59 Å². The molecule has 2 aromatic heterocycles. The number of carbonyl (C=O) groups is 2. The van der Waals surface area contributed by atoms with Gasteiger partial charge >= 0.3 is 0 Å². The number of nitrogens with one attached hydrogen (secondary N) is 1. The number of fused-ring (bicyclic) bond motifs is 1. The molecule has 3 aromatic rings. The van der Waals surface area contributed by atoms with Crippen molar-refractivity contribution < 1.29 is 18.4 Å². The molecular formula is C16H12F2N4O2. The van der Waals surface area contributed by atoms with Crippen LogP contribution in [0, 0.1) is 11.6 Å². The van der Waals surface area contributed by atoms with E-state index in [1.165, 1.54) is 37.3 Å². The van der Waals surface area contributed by atoms with Crippen molar-refractivity contribution in [2.45, 2.75) is 13.5 Å². The van der Waals surface area contributed by atoms with Crippen molar-refractivity contribution in [3.8, 4) is 0 Å². The van der Waals surface area contributed by atoms with Crippen LogP contribution < -0.4 is 5.32 Å². The normalized spacial score (nSPS) is 10.8. The predicted molar refractivity (Wildman–Crippen MR) is 80.5 cm³/mol. The van der Waals surface area contributed by atoms with Gasteiger partial charge in [-0.05, 0) is 23.8 Å². The van der Waals surface area contributed by atoms with Gasteiger partial charge in [0, 0.05) is 13.5 Å². The van der Waals surface area contributed by atoms with Crippen LogP contribution in [0.4, 0.5) is 8.78 Å². The molecule has 2 heterocycles. The van der Waals surface area contributed by atoms with Crippen LogP contribution in [-0.2, 0) is 6.54 Å². The second kappa shape index (κ2) is 6.15. The van der Waals surface area contributed by atoms with E-state index in [0.717, 1.165) is 10.7 Å². The second-order valence-electron chi connectivity index (χ2n) is 5.12. The molecule has 1 N–H and O–H groups in total. The summed E-state index contributed by atoms with van der Waals surface area (Å²) >= 11 is 0. The fourth-order valence-corrected chi connectivity index (χ4v) is 2.18. The molecule has 1 amide bonds. The summed E-state index contributed by atoms with van der Waals surface area (Å²) in [6.07, 6.45) is 0.926. The number of carbonyl (C=O) groups excluding carboxylic acids is 2. The van der Waals surface area contributed by atoms with Crippen LogP contribution in [-0.4, -0.2) is 26.3 Å². The number of amides is 1. The van der Waals surface area contributed by atoms with E-state index in [1.54, 1.807) is 0 Å². The molecule has 0 aliphatic rings. The molecule has 8 heteroatoms. The van der Waals surface area contributed by atoms with Crippen LogP contribution >= 0.6 is 0 Å². The lowest BCUT2D eigenvalue weighted by molar-refractivity contribution is 0.0946. The molecule has 6 nitrogen and oxygen atoms in total. The van der Waals surface area contributed by atoms with Gasteiger partial charge in [0.05, 0.1) is 6.20 Å². The van der Waals surface area contributed by atoms with E-state index >= 15 is 0 Å². The molecule has 1 aromatic carbocycles. The number of ketones is 1. The van der Waals surface area contributed by atoms with Crippen molar-refractivity contribution in [2.24, 2.45) is 0 Å². The van der Waals surface area contributed by atoms with Gasteiger partial charge in [0.1, 0.15) is 17.2 Å². The fraction of sp³-hybridized carbons (Fsp3) is 0.125. The lowest BCUT2D eigenvalue weighted by Crippen LogP contribution is -2.25. The van der Waals surface area contributed by atoms with Crippen LogP contribution in [0.25, 0.3) is 5.65 Å². The Bertz CT molecular complexity index is 935. The van der Waals surface area contributed by atoms with Gasteiger partial charge < -0.3 is 5.32 Å². The van der Waals surface area contributed by atoms with Crippen molar-refractivity contribution in [1.29, 1.82) is 0 Å². The SMILES string of the molecule is CC(=O)c1cc(C(=O)NCc2ccc(F)cc2)nc2c(F)cnn12. The Morgan fingerprint density at radius 3 is 2.58 bits per heavy atom. The van der Waals surface area contributed by atoms with Gasteiger partial charge in [0.2, 0.25) is 0 Å². The summed E-state index contributed by atoms with van der Waals surface area (Å²) in [7, 11) is 0. The van der Waals surface area contributed by atoms with Crippen LogP contribution in [0.15, 0.2) is 36.5 Å². The maximum absolute atomic E-state index is 13.7. The van der Waals surface area contributed by atoms with E-state index in [-0.39, 0.29) is 35.2 Å². The molecule has 0 radical (unpaired) electrons. The molecule has 0 atom stereocenters. The summed E-state index contributed by atoms with van der Waals surface area (Å²) in [6.45, 7) is 1.43. The second-order valence-corrected chi connectivity index (χ2v) is 5.12. The van der Waals surface area contributed by atoms with Crippen molar-refractivity contribution >= 4 is 17.3 Å². The zero-order valence-electron chi connectivity index (χ0n) is 12.6. The Kier molecular flexibility index (Phi) is 4.03. The monoisotopic (exact) mass is 330 g/mol. The highest BCUT2D eigenvalue weighted by atomic mass is 19.1. The zero-order chi connectivity index (χ0) is 17.3. The number of aromatic nitrogens is 3. The molecular weight excluding hydrogens is 318 g/mol. The van der Waals surface area contributed by atoms with E-state index in [2.05, 4.69) is 15.4 Å². The molecule has 0 fully saturated rings. The summed E-state index contributed by atoms with van der Waals surface area (Å²) < 4.78 is 27.6. The minimum Gasteiger partial charge on any atom is -0.347 e. The molecule has 122 valence electrons. The number of Topliss-reactive ketones (excluding diaryl/α,β-unsaturated/α-hetero) is 1. The maximum Gasteiger partial charge on any atom is 0.270 e. The minimum atomic E-state index is -0.731. The average Bonchev–Trinajstić information content (AvgIpc) is 2.94. The standard InChI is InChI=1S/C16H12F2N4O2/c1-9(23)14-6-13(21-15-12(18)8-20-22(14)15)16(24)19-7-10-2-4-11(17)5-3-10/h2-6,8H,7H2,1H3,(H,19,24). The molecule has 24 heavy (non-hydrogen) atoms. The zero-order valence-corrected chi connectivity index (χ0v) is 12.6. The topological polar surface area (TPSA) is 76.4 Å². The molecule has 0 saturated heterocycles. The quantitative estimate of drug-likeness (QED) is 0.744. The molecule has 3 rings (SSSR count). The third-order valence-corrected chi connectivity index (χ3v) is 3.39. The van der Waals surface area contributed by atoms with Crippen molar-refractivity contribution in [3.63, 3.8) is 0 Å². The Labute approximate surface area is 135 Å². The minimum absolute atomic E-state index is 0.0517. The molecule has 0 spiro atoms. The first kappa shape index (κ1) is 15.7. The number of hydrogen-bond acceptors (Lipinski definition) is 4. The van der Waals surface area contributed by atoms with Gasteiger partial charge in [-0.1, -0.05) is 12.1 Å². The Hall–Kier alpha value is -3.16. The van der Waals surface area contributed by atoms with E-state index in [0.29, 0.717) is 5.56 Å². The molecule has 0 saturated carbocycles. The summed E-state index contributed by atoms with van der Waals surface area (Å²) in [5.41, 5.74) is 0.438. The van der Waals surface area contributed by atoms with E-state index in [9.17, 15) is 18.4 Å². The third-order valence-electron chi connectivity index (χ3n) is 3.39.